The summed E-state index contributed by atoms with van der Waals surface area (Å²) in [5.74, 6) is -11.2. The molecule has 16 heteroatoms. The molecule has 0 fully saturated rings. The lowest BCUT2D eigenvalue weighted by Crippen LogP contribution is -2.38. The van der Waals surface area contributed by atoms with Crippen LogP contribution in [0.3, 0.4) is 0 Å². The van der Waals surface area contributed by atoms with Crippen LogP contribution in [0.25, 0.3) is 0 Å². The van der Waals surface area contributed by atoms with Crippen LogP contribution in [0.1, 0.15) is 0 Å². The molecule has 10 nitrogen and oxygen atoms in total. The number of rotatable bonds is 24. The molecule has 0 aromatic carbocycles. The quantitative estimate of drug-likeness (QED) is 0.0962. The van der Waals surface area contributed by atoms with Crippen molar-refractivity contribution in [3.8, 4) is 0 Å². The maximum absolute atomic E-state index is 13.7. The average molecular weight is 536 g/mol. The molecule has 4 N–H and O–H groups in total. The highest BCUT2D eigenvalue weighted by Crippen LogP contribution is 2.21. The van der Waals surface area contributed by atoms with Gasteiger partial charge in [-0.2, -0.15) is 0 Å². The predicted molar refractivity (Wildman–Crippen MR) is 106 cm³/mol. The molecular formula is C19H34F6O10. The molecule has 0 aromatic heterocycles. The summed E-state index contributed by atoms with van der Waals surface area (Å²) in [5.41, 5.74) is 0. The molecule has 0 spiro atoms. The third-order valence-electron chi connectivity index (χ3n) is 3.59. The average Bonchev–Trinajstić information content (AvgIpc) is 2.73. The van der Waals surface area contributed by atoms with Crippen LogP contribution in [0, 0.1) is 0 Å². The van der Waals surface area contributed by atoms with Crippen molar-refractivity contribution in [3.05, 3.63) is 0 Å². The second-order valence-corrected chi connectivity index (χ2v) is 7.49. The number of hydrogen-bond donors (Lipinski definition) is 4. The fourth-order valence-corrected chi connectivity index (χ4v) is 2.18. The Bertz CT molecular complexity index is 477. The Balaban J connectivity index is 4.05. The van der Waals surface area contributed by atoms with Crippen LogP contribution in [0.4, 0.5) is 26.3 Å². The first-order valence-electron chi connectivity index (χ1n) is 10.5. The lowest BCUT2D eigenvalue weighted by molar-refractivity contribution is -0.185. The highest BCUT2D eigenvalue weighted by Gasteiger charge is 2.37. The van der Waals surface area contributed by atoms with Gasteiger partial charge in [-0.25, -0.2) is 26.3 Å². The number of halogens is 6. The Morgan fingerprint density at radius 2 is 0.714 bits per heavy atom. The third kappa shape index (κ3) is 21.0. The number of ether oxygens (including phenoxy) is 6. The van der Waals surface area contributed by atoms with Gasteiger partial charge >= 0.3 is 0 Å². The van der Waals surface area contributed by atoms with Gasteiger partial charge in [0.25, 0.3) is 17.8 Å². The van der Waals surface area contributed by atoms with Crippen LogP contribution in [-0.2, 0) is 28.4 Å². The first-order valence-corrected chi connectivity index (χ1v) is 10.5. The Hall–Kier alpha value is -0.820. The molecule has 0 aliphatic heterocycles. The second-order valence-electron chi connectivity index (χ2n) is 7.49. The molecule has 2 atom stereocenters. The summed E-state index contributed by atoms with van der Waals surface area (Å²) in [5, 5.41) is 35.8. The molecule has 0 aliphatic carbocycles. The largest absolute Gasteiger partial charge is 0.394 e. The molecule has 0 rings (SSSR count). The smallest absolute Gasteiger partial charge is 0.293 e. The summed E-state index contributed by atoms with van der Waals surface area (Å²) in [6.45, 7) is -10.7. The van der Waals surface area contributed by atoms with Gasteiger partial charge in [-0.05, 0) is 0 Å². The standard InChI is InChI=1S/C19H34F6O10/c20-17(21,9-32-7-15(28)5-30-3-1-26)11-34-13-19(24,25)14-35-12-18(22,23)10-33-8-16(29)6-31-4-2-27/h15-16,26-29H,1-14H2. The number of hydrogen-bond acceptors (Lipinski definition) is 10. The third-order valence-corrected chi connectivity index (χ3v) is 3.59. The van der Waals surface area contributed by atoms with E-state index in [1.807, 2.05) is 0 Å². The van der Waals surface area contributed by atoms with Crippen LogP contribution in [0.2, 0.25) is 0 Å². The van der Waals surface area contributed by atoms with Gasteiger partial charge in [-0.1, -0.05) is 0 Å². The van der Waals surface area contributed by atoms with Gasteiger partial charge in [0, 0.05) is 0 Å². The number of aliphatic hydroxyl groups excluding tert-OH is 4. The zero-order chi connectivity index (χ0) is 26.8. The molecule has 0 amide bonds. The predicted octanol–water partition coefficient (Wildman–Crippen LogP) is -0.302. The molecule has 0 aromatic rings. The van der Waals surface area contributed by atoms with E-state index < -0.39 is 82.8 Å². The molecule has 2 unspecified atom stereocenters. The molecule has 0 saturated carbocycles. The monoisotopic (exact) mass is 536 g/mol. The van der Waals surface area contributed by atoms with E-state index in [0.29, 0.717) is 0 Å². The van der Waals surface area contributed by atoms with Crippen molar-refractivity contribution < 1.29 is 75.2 Å². The van der Waals surface area contributed by atoms with Crippen molar-refractivity contribution in [1.29, 1.82) is 0 Å². The van der Waals surface area contributed by atoms with Crippen molar-refractivity contribution in [1.82, 2.24) is 0 Å². The van der Waals surface area contributed by atoms with Gasteiger partial charge in [-0.15, -0.1) is 0 Å². The topological polar surface area (TPSA) is 136 Å². The van der Waals surface area contributed by atoms with Gasteiger partial charge in [0.15, 0.2) is 0 Å². The van der Waals surface area contributed by atoms with E-state index in [4.69, 9.17) is 19.7 Å². The zero-order valence-corrected chi connectivity index (χ0v) is 19.1. The minimum Gasteiger partial charge on any atom is -0.394 e. The van der Waals surface area contributed by atoms with Crippen molar-refractivity contribution in [2.75, 3.05) is 92.5 Å². The van der Waals surface area contributed by atoms with Gasteiger partial charge in [0.2, 0.25) is 0 Å². The van der Waals surface area contributed by atoms with Crippen molar-refractivity contribution in [3.63, 3.8) is 0 Å². The molecule has 0 saturated heterocycles. The second kappa shape index (κ2) is 18.4. The van der Waals surface area contributed by atoms with Gasteiger partial charge in [0.05, 0.1) is 52.9 Å². The molecule has 0 heterocycles. The van der Waals surface area contributed by atoms with E-state index in [0.717, 1.165) is 0 Å². The summed E-state index contributed by atoms with van der Waals surface area (Å²) in [6, 6.07) is 0. The number of aliphatic hydroxyl groups is 4. The number of alkyl halides is 6. The summed E-state index contributed by atoms with van der Waals surface area (Å²) < 4.78 is 109. The van der Waals surface area contributed by atoms with Crippen LogP contribution in [0.15, 0.2) is 0 Å². The molecule has 212 valence electrons. The van der Waals surface area contributed by atoms with Crippen LogP contribution < -0.4 is 0 Å². The lowest BCUT2D eigenvalue weighted by Gasteiger charge is -2.22. The highest BCUT2D eigenvalue weighted by atomic mass is 19.3. The van der Waals surface area contributed by atoms with Gasteiger partial charge in [0.1, 0.15) is 51.8 Å². The minimum atomic E-state index is -3.84. The first-order chi connectivity index (χ1) is 16.3. The summed E-state index contributed by atoms with van der Waals surface area (Å²) >= 11 is 0. The zero-order valence-electron chi connectivity index (χ0n) is 19.1. The van der Waals surface area contributed by atoms with Crippen LogP contribution in [0.5, 0.6) is 0 Å². The van der Waals surface area contributed by atoms with Crippen molar-refractivity contribution in [2.24, 2.45) is 0 Å². The van der Waals surface area contributed by atoms with E-state index in [2.05, 4.69) is 18.9 Å². The van der Waals surface area contributed by atoms with E-state index in [1.165, 1.54) is 0 Å². The van der Waals surface area contributed by atoms with E-state index in [1.54, 1.807) is 0 Å². The Morgan fingerprint density at radius 1 is 0.457 bits per heavy atom. The highest BCUT2D eigenvalue weighted by molar-refractivity contribution is 4.71. The molecule has 0 bridgehead atoms. The SMILES string of the molecule is OCCOCC(O)COCC(F)(F)COCC(F)(F)COCC(F)(F)COCC(O)COCCO. The van der Waals surface area contributed by atoms with Gasteiger partial charge in [-0.3, -0.25) is 0 Å². The molecule has 0 radical (unpaired) electrons. The summed E-state index contributed by atoms with van der Waals surface area (Å²) in [4.78, 5) is 0. The lowest BCUT2D eigenvalue weighted by atomic mass is 10.3. The van der Waals surface area contributed by atoms with E-state index in [9.17, 15) is 36.6 Å². The van der Waals surface area contributed by atoms with E-state index >= 15 is 0 Å². The summed E-state index contributed by atoms with van der Waals surface area (Å²) in [6.07, 6.45) is -2.47. The van der Waals surface area contributed by atoms with Crippen LogP contribution in [-0.4, -0.2) is 143 Å². The van der Waals surface area contributed by atoms with Gasteiger partial charge < -0.3 is 48.8 Å². The summed E-state index contributed by atoms with van der Waals surface area (Å²) in [7, 11) is 0. The minimum absolute atomic E-state index is 0.0584. The Morgan fingerprint density at radius 3 is 1.00 bits per heavy atom. The fraction of sp³-hybridized carbons (Fsp3) is 1.00. The van der Waals surface area contributed by atoms with Crippen molar-refractivity contribution in [2.45, 2.75) is 30.0 Å². The molecular weight excluding hydrogens is 502 g/mol. The van der Waals surface area contributed by atoms with E-state index in [-0.39, 0.29) is 39.6 Å². The van der Waals surface area contributed by atoms with Crippen LogP contribution >= 0.6 is 0 Å². The molecule has 0 aliphatic rings. The Labute approximate surface area is 198 Å². The van der Waals surface area contributed by atoms with Crippen molar-refractivity contribution >= 4 is 0 Å². The maximum Gasteiger partial charge on any atom is 0.293 e. The first kappa shape index (κ1) is 34.2. The molecule has 35 heavy (non-hydrogen) atoms. The normalized spacial score (nSPS) is 14.9. The maximum atomic E-state index is 13.7. The fourth-order valence-electron chi connectivity index (χ4n) is 2.18. The Kier molecular flexibility index (Phi) is 18.0.